The average molecular weight is 536 g/mol. The highest BCUT2D eigenvalue weighted by Crippen LogP contribution is 2.36. The van der Waals surface area contributed by atoms with Crippen LogP contribution in [0.1, 0.15) is 63.5 Å². The summed E-state index contributed by atoms with van der Waals surface area (Å²) in [4.78, 5) is 28.7. The maximum absolute atomic E-state index is 14.4. The summed E-state index contributed by atoms with van der Waals surface area (Å²) in [5.74, 6) is -0.409. The second kappa shape index (κ2) is 11.6. The fourth-order valence-corrected chi connectivity index (χ4v) is 3.77. The third kappa shape index (κ3) is 7.22. The standard InChI is InChI=1S/C25H31ClFN5O5/c1-7-35-23(33)16-13-29-32-11-10-19(31-22(16)32)30-15(3)20-18(9-8-17(27)21(20)26)36-14(2)12-28-24(34)37-25(4,5)6/h8-11,13-15H,7,12H2,1-6H3,(H,28,34)(H,30,31)/t14-,15+/m0/s1. The van der Waals surface area contributed by atoms with Crippen LogP contribution in [0, 0.1) is 5.82 Å². The first-order valence-corrected chi connectivity index (χ1v) is 12.2. The number of fused-ring (bicyclic) bond motifs is 1. The van der Waals surface area contributed by atoms with Crippen LogP contribution < -0.4 is 15.4 Å². The van der Waals surface area contributed by atoms with Crippen molar-refractivity contribution in [3.63, 3.8) is 0 Å². The lowest BCUT2D eigenvalue weighted by atomic mass is 10.1. The maximum atomic E-state index is 14.4. The minimum atomic E-state index is -0.627. The number of hydrogen-bond donors (Lipinski definition) is 2. The van der Waals surface area contributed by atoms with E-state index in [2.05, 4.69) is 20.7 Å². The molecule has 200 valence electrons. The fraction of sp³-hybridized carbons (Fsp3) is 0.440. The van der Waals surface area contributed by atoms with E-state index in [4.69, 9.17) is 25.8 Å². The van der Waals surface area contributed by atoms with Crippen molar-refractivity contribution in [2.45, 2.75) is 59.3 Å². The van der Waals surface area contributed by atoms with Gasteiger partial charge < -0.3 is 24.8 Å². The Kier molecular flexibility index (Phi) is 8.80. The molecular formula is C25H31ClFN5O5. The minimum absolute atomic E-state index is 0.109. The minimum Gasteiger partial charge on any atom is -0.488 e. The lowest BCUT2D eigenvalue weighted by Gasteiger charge is -2.24. The highest BCUT2D eigenvalue weighted by atomic mass is 35.5. The molecule has 3 aromatic rings. The van der Waals surface area contributed by atoms with Crippen molar-refractivity contribution >= 4 is 35.1 Å². The number of amides is 1. The zero-order chi connectivity index (χ0) is 27.3. The molecule has 0 radical (unpaired) electrons. The van der Waals surface area contributed by atoms with Crippen molar-refractivity contribution in [1.82, 2.24) is 19.9 Å². The van der Waals surface area contributed by atoms with E-state index >= 15 is 0 Å². The van der Waals surface area contributed by atoms with Gasteiger partial charge in [0.15, 0.2) is 5.65 Å². The molecule has 0 aliphatic carbocycles. The van der Waals surface area contributed by atoms with Crippen LogP contribution in [-0.4, -0.2) is 51.5 Å². The summed E-state index contributed by atoms with van der Waals surface area (Å²) in [7, 11) is 0. The van der Waals surface area contributed by atoms with Crippen molar-refractivity contribution < 1.29 is 28.2 Å². The Labute approximate surface area is 219 Å². The van der Waals surface area contributed by atoms with E-state index in [0.29, 0.717) is 22.8 Å². The number of esters is 1. The number of carbonyl (C=O) groups is 2. The van der Waals surface area contributed by atoms with E-state index in [9.17, 15) is 14.0 Å². The summed E-state index contributed by atoms with van der Waals surface area (Å²) in [6, 6.07) is 3.80. The molecule has 0 saturated heterocycles. The number of carbonyl (C=O) groups excluding carboxylic acids is 2. The number of nitrogens with one attached hydrogen (secondary N) is 2. The highest BCUT2D eigenvalue weighted by Gasteiger charge is 2.23. The smallest absolute Gasteiger partial charge is 0.407 e. The van der Waals surface area contributed by atoms with Crippen LogP contribution in [0.2, 0.25) is 5.02 Å². The Bertz CT molecular complexity index is 1280. The molecule has 1 aromatic carbocycles. The van der Waals surface area contributed by atoms with Crippen molar-refractivity contribution in [2.24, 2.45) is 0 Å². The van der Waals surface area contributed by atoms with E-state index in [0.717, 1.165) is 0 Å². The molecule has 2 atom stereocenters. The summed E-state index contributed by atoms with van der Waals surface area (Å²) >= 11 is 6.34. The van der Waals surface area contributed by atoms with Gasteiger partial charge in [-0.1, -0.05) is 11.6 Å². The number of aromatic nitrogens is 3. The van der Waals surface area contributed by atoms with Crippen LogP contribution in [0.4, 0.5) is 15.0 Å². The Morgan fingerprint density at radius 1 is 1.22 bits per heavy atom. The molecule has 0 aliphatic heterocycles. The number of halogens is 2. The van der Waals surface area contributed by atoms with Crippen LogP contribution in [0.5, 0.6) is 5.75 Å². The van der Waals surface area contributed by atoms with Gasteiger partial charge in [0, 0.05) is 11.8 Å². The van der Waals surface area contributed by atoms with Crippen LogP contribution in [0.15, 0.2) is 30.6 Å². The Hall–Kier alpha value is -3.60. The summed E-state index contributed by atoms with van der Waals surface area (Å²) in [5.41, 5.74) is 0.265. The first-order valence-electron chi connectivity index (χ1n) is 11.8. The Morgan fingerprint density at radius 3 is 2.62 bits per heavy atom. The molecule has 0 saturated carbocycles. The number of alkyl carbamates (subject to hydrolysis) is 1. The first kappa shape index (κ1) is 28.0. The zero-order valence-electron chi connectivity index (χ0n) is 21.6. The molecule has 10 nitrogen and oxygen atoms in total. The summed E-state index contributed by atoms with van der Waals surface area (Å²) in [6.07, 6.45) is 1.97. The van der Waals surface area contributed by atoms with Gasteiger partial charge in [-0.25, -0.2) is 23.5 Å². The number of nitrogens with zero attached hydrogens (tertiary/aromatic N) is 3. The topological polar surface area (TPSA) is 116 Å². The van der Waals surface area contributed by atoms with Crippen LogP contribution in [0.3, 0.4) is 0 Å². The number of hydrogen-bond acceptors (Lipinski definition) is 8. The predicted molar refractivity (Wildman–Crippen MR) is 137 cm³/mol. The normalized spacial score (nSPS) is 13.1. The lowest BCUT2D eigenvalue weighted by Crippen LogP contribution is -2.37. The summed E-state index contributed by atoms with van der Waals surface area (Å²) < 4.78 is 32.2. The van der Waals surface area contributed by atoms with E-state index in [1.165, 1.54) is 22.8 Å². The molecule has 37 heavy (non-hydrogen) atoms. The molecule has 0 spiro atoms. The van der Waals surface area contributed by atoms with Gasteiger partial charge in [-0.05, 0) is 59.7 Å². The van der Waals surface area contributed by atoms with Gasteiger partial charge in [0.1, 0.15) is 34.7 Å². The molecule has 12 heteroatoms. The molecule has 2 N–H and O–H groups in total. The van der Waals surface area contributed by atoms with E-state index in [-0.39, 0.29) is 23.7 Å². The van der Waals surface area contributed by atoms with Crippen molar-refractivity contribution in [2.75, 3.05) is 18.5 Å². The van der Waals surface area contributed by atoms with Gasteiger partial charge >= 0.3 is 12.1 Å². The van der Waals surface area contributed by atoms with E-state index in [1.54, 1.807) is 53.8 Å². The second-order valence-electron chi connectivity index (χ2n) is 9.31. The Balaban J connectivity index is 1.79. The van der Waals surface area contributed by atoms with Gasteiger partial charge in [-0.3, -0.25) is 0 Å². The van der Waals surface area contributed by atoms with Crippen LogP contribution >= 0.6 is 11.6 Å². The van der Waals surface area contributed by atoms with Gasteiger partial charge in [0.05, 0.1) is 30.4 Å². The number of ether oxygens (including phenoxy) is 3. The molecule has 0 fully saturated rings. The van der Waals surface area contributed by atoms with Crippen LogP contribution in [-0.2, 0) is 9.47 Å². The summed E-state index contributed by atoms with van der Waals surface area (Å²) in [5, 5.41) is 9.83. The molecule has 0 unspecified atom stereocenters. The third-order valence-electron chi connectivity index (χ3n) is 5.02. The zero-order valence-corrected chi connectivity index (χ0v) is 22.4. The SMILES string of the molecule is CCOC(=O)c1cnn2ccc(N[C@H](C)c3c(O[C@@H](C)CNC(=O)OC(C)(C)C)ccc(F)c3Cl)nc12. The monoisotopic (exact) mass is 535 g/mol. The van der Waals surface area contributed by atoms with E-state index in [1.807, 2.05) is 0 Å². The van der Waals surface area contributed by atoms with Crippen molar-refractivity contribution in [3.8, 4) is 5.75 Å². The fourth-order valence-electron chi connectivity index (χ4n) is 3.45. The van der Waals surface area contributed by atoms with Crippen LogP contribution in [0.25, 0.3) is 5.65 Å². The molecular weight excluding hydrogens is 505 g/mol. The van der Waals surface area contributed by atoms with Crippen molar-refractivity contribution in [3.05, 3.63) is 52.6 Å². The van der Waals surface area contributed by atoms with Gasteiger partial charge in [-0.15, -0.1) is 0 Å². The molecule has 0 aliphatic rings. The maximum Gasteiger partial charge on any atom is 0.407 e. The second-order valence-corrected chi connectivity index (χ2v) is 9.69. The number of anilines is 1. The molecule has 0 bridgehead atoms. The highest BCUT2D eigenvalue weighted by molar-refractivity contribution is 6.31. The molecule has 1 amide bonds. The van der Waals surface area contributed by atoms with Crippen molar-refractivity contribution in [1.29, 1.82) is 0 Å². The van der Waals surface area contributed by atoms with Gasteiger partial charge in [0.25, 0.3) is 0 Å². The van der Waals surface area contributed by atoms with E-state index < -0.39 is 35.6 Å². The number of benzene rings is 1. The Morgan fingerprint density at radius 2 is 1.95 bits per heavy atom. The van der Waals surface area contributed by atoms with Gasteiger partial charge in [-0.2, -0.15) is 5.10 Å². The number of rotatable bonds is 9. The lowest BCUT2D eigenvalue weighted by molar-refractivity contribution is 0.0501. The quantitative estimate of drug-likeness (QED) is 0.361. The van der Waals surface area contributed by atoms with Gasteiger partial charge in [0.2, 0.25) is 0 Å². The molecule has 3 rings (SSSR count). The largest absolute Gasteiger partial charge is 0.488 e. The predicted octanol–water partition coefficient (Wildman–Crippen LogP) is 5.16. The third-order valence-corrected chi connectivity index (χ3v) is 5.40. The summed E-state index contributed by atoms with van der Waals surface area (Å²) in [6.45, 7) is 10.9. The molecule has 2 aromatic heterocycles. The molecule has 2 heterocycles. The average Bonchev–Trinajstić information content (AvgIpc) is 3.22. The first-order chi connectivity index (χ1) is 17.4.